The van der Waals surface area contributed by atoms with Gasteiger partial charge in [-0.05, 0) is 43.1 Å². The lowest BCUT2D eigenvalue weighted by Gasteiger charge is -2.24. The zero-order valence-corrected chi connectivity index (χ0v) is 12.6. The third kappa shape index (κ3) is 3.75. The molecule has 0 fully saturated rings. The second kappa shape index (κ2) is 7.32. The van der Waals surface area contributed by atoms with E-state index < -0.39 is 0 Å². The lowest BCUT2D eigenvalue weighted by Crippen LogP contribution is -2.22. The Morgan fingerprint density at radius 2 is 1.80 bits per heavy atom. The van der Waals surface area contributed by atoms with Crippen molar-refractivity contribution in [1.82, 2.24) is 0 Å². The summed E-state index contributed by atoms with van der Waals surface area (Å²) in [5.74, 6) is 0. The first-order valence-electron chi connectivity index (χ1n) is 7.02. The molecule has 0 bridgehead atoms. The minimum Gasteiger partial charge on any atom is -0.366 e. The van der Waals surface area contributed by atoms with Crippen molar-refractivity contribution in [2.75, 3.05) is 18.0 Å². The SMILES string of the molecule is CCN(Cc1ccccc1)c1ccc(CCN)cc1Cl. The average Bonchev–Trinajstić information content (AvgIpc) is 2.47. The monoisotopic (exact) mass is 288 g/mol. The van der Waals surface area contributed by atoms with Crippen molar-refractivity contribution in [3.05, 3.63) is 64.7 Å². The van der Waals surface area contributed by atoms with Crippen molar-refractivity contribution < 1.29 is 0 Å². The normalized spacial score (nSPS) is 10.6. The summed E-state index contributed by atoms with van der Waals surface area (Å²) in [5.41, 5.74) is 9.15. The second-order valence-electron chi connectivity index (χ2n) is 4.82. The van der Waals surface area contributed by atoms with Crippen LogP contribution < -0.4 is 10.6 Å². The van der Waals surface area contributed by atoms with Gasteiger partial charge in [0.1, 0.15) is 0 Å². The van der Waals surface area contributed by atoms with Gasteiger partial charge >= 0.3 is 0 Å². The van der Waals surface area contributed by atoms with E-state index in [-0.39, 0.29) is 0 Å². The molecule has 0 amide bonds. The number of anilines is 1. The molecule has 0 saturated heterocycles. The van der Waals surface area contributed by atoms with Gasteiger partial charge in [-0.2, -0.15) is 0 Å². The molecule has 0 spiro atoms. The van der Waals surface area contributed by atoms with Gasteiger partial charge in [-0.3, -0.25) is 0 Å². The van der Waals surface area contributed by atoms with Crippen molar-refractivity contribution in [2.24, 2.45) is 5.73 Å². The molecule has 0 aliphatic rings. The van der Waals surface area contributed by atoms with Crippen LogP contribution in [0.15, 0.2) is 48.5 Å². The predicted octanol–water partition coefficient (Wildman–Crippen LogP) is 3.87. The van der Waals surface area contributed by atoms with Crippen molar-refractivity contribution in [1.29, 1.82) is 0 Å². The Kier molecular flexibility index (Phi) is 5.45. The maximum atomic E-state index is 6.42. The van der Waals surface area contributed by atoms with Crippen molar-refractivity contribution in [3.8, 4) is 0 Å². The zero-order valence-electron chi connectivity index (χ0n) is 11.8. The molecule has 0 atom stereocenters. The summed E-state index contributed by atoms with van der Waals surface area (Å²) in [5, 5.41) is 0.800. The average molecular weight is 289 g/mol. The molecule has 0 aromatic heterocycles. The van der Waals surface area contributed by atoms with E-state index in [1.165, 1.54) is 11.1 Å². The van der Waals surface area contributed by atoms with E-state index in [9.17, 15) is 0 Å². The molecule has 0 saturated carbocycles. The van der Waals surface area contributed by atoms with Crippen LogP contribution in [-0.4, -0.2) is 13.1 Å². The lowest BCUT2D eigenvalue weighted by molar-refractivity contribution is 0.831. The molecule has 0 unspecified atom stereocenters. The molecule has 20 heavy (non-hydrogen) atoms. The molecular weight excluding hydrogens is 268 g/mol. The lowest BCUT2D eigenvalue weighted by atomic mass is 10.1. The van der Waals surface area contributed by atoms with Crippen LogP contribution in [0.2, 0.25) is 5.02 Å². The molecule has 2 aromatic rings. The van der Waals surface area contributed by atoms with E-state index in [0.717, 1.165) is 30.2 Å². The van der Waals surface area contributed by atoms with Crippen molar-refractivity contribution in [3.63, 3.8) is 0 Å². The van der Waals surface area contributed by atoms with Gasteiger partial charge in [0.2, 0.25) is 0 Å². The van der Waals surface area contributed by atoms with Crippen LogP contribution in [-0.2, 0) is 13.0 Å². The molecule has 2 aromatic carbocycles. The quantitative estimate of drug-likeness (QED) is 0.874. The zero-order chi connectivity index (χ0) is 14.4. The third-order valence-corrected chi connectivity index (χ3v) is 3.69. The Labute approximate surface area is 126 Å². The highest BCUT2D eigenvalue weighted by Gasteiger charge is 2.10. The fourth-order valence-electron chi connectivity index (χ4n) is 2.30. The summed E-state index contributed by atoms with van der Waals surface area (Å²) in [7, 11) is 0. The molecular formula is C17H21ClN2. The van der Waals surface area contributed by atoms with E-state index in [2.05, 4.69) is 48.2 Å². The molecule has 0 aliphatic carbocycles. The summed E-state index contributed by atoms with van der Waals surface area (Å²) >= 11 is 6.42. The molecule has 2 nitrogen and oxygen atoms in total. The standard InChI is InChI=1S/C17H21ClN2/c1-2-20(13-15-6-4-3-5-7-15)17-9-8-14(10-11-19)12-16(17)18/h3-9,12H,2,10-11,13,19H2,1H3. The van der Waals surface area contributed by atoms with Crippen LogP contribution in [0.3, 0.4) is 0 Å². The number of hydrogen-bond donors (Lipinski definition) is 1. The van der Waals surface area contributed by atoms with Crippen molar-refractivity contribution in [2.45, 2.75) is 19.9 Å². The number of rotatable bonds is 6. The molecule has 0 heterocycles. The van der Waals surface area contributed by atoms with Crippen LogP contribution in [0.25, 0.3) is 0 Å². The van der Waals surface area contributed by atoms with Crippen molar-refractivity contribution >= 4 is 17.3 Å². The van der Waals surface area contributed by atoms with Gasteiger partial charge in [-0.1, -0.05) is 48.0 Å². The first-order valence-corrected chi connectivity index (χ1v) is 7.39. The van der Waals surface area contributed by atoms with E-state index in [0.29, 0.717) is 6.54 Å². The summed E-state index contributed by atoms with van der Waals surface area (Å²) < 4.78 is 0. The second-order valence-corrected chi connectivity index (χ2v) is 5.23. The molecule has 106 valence electrons. The third-order valence-electron chi connectivity index (χ3n) is 3.38. The van der Waals surface area contributed by atoms with Crippen LogP contribution in [0.1, 0.15) is 18.1 Å². The molecule has 2 rings (SSSR count). The van der Waals surface area contributed by atoms with E-state index in [4.69, 9.17) is 17.3 Å². The number of nitrogens with zero attached hydrogens (tertiary/aromatic N) is 1. The van der Waals surface area contributed by atoms with E-state index in [1.807, 2.05) is 12.1 Å². The number of nitrogens with two attached hydrogens (primary N) is 1. The topological polar surface area (TPSA) is 29.3 Å². The molecule has 0 radical (unpaired) electrons. The Morgan fingerprint density at radius 3 is 2.40 bits per heavy atom. The van der Waals surface area contributed by atoms with Gasteiger partial charge in [-0.15, -0.1) is 0 Å². The van der Waals surface area contributed by atoms with Gasteiger partial charge < -0.3 is 10.6 Å². The summed E-state index contributed by atoms with van der Waals surface area (Å²) in [6.45, 7) is 4.59. The molecule has 0 aliphatic heterocycles. The minimum absolute atomic E-state index is 0.650. The Balaban J connectivity index is 2.19. The highest BCUT2D eigenvalue weighted by molar-refractivity contribution is 6.33. The first kappa shape index (κ1) is 14.9. The maximum Gasteiger partial charge on any atom is 0.0642 e. The highest BCUT2D eigenvalue weighted by Crippen LogP contribution is 2.28. The number of hydrogen-bond acceptors (Lipinski definition) is 2. The van der Waals surface area contributed by atoms with Gasteiger partial charge in [0.15, 0.2) is 0 Å². The van der Waals surface area contributed by atoms with E-state index >= 15 is 0 Å². The Morgan fingerprint density at radius 1 is 1.05 bits per heavy atom. The minimum atomic E-state index is 0.650. The van der Waals surface area contributed by atoms with Gasteiger partial charge in [0, 0.05) is 13.1 Å². The van der Waals surface area contributed by atoms with Crippen LogP contribution in [0.4, 0.5) is 5.69 Å². The van der Waals surface area contributed by atoms with Gasteiger partial charge in [0.05, 0.1) is 10.7 Å². The number of halogens is 1. The van der Waals surface area contributed by atoms with E-state index in [1.54, 1.807) is 0 Å². The van der Waals surface area contributed by atoms with Gasteiger partial charge in [0.25, 0.3) is 0 Å². The smallest absolute Gasteiger partial charge is 0.0642 e. The first-order chi connectivity index (χ1) is 9.74. The largest absolute Gasteiger partial charge is 0.366 e. The fraction of sp³-hybridized carbons (Fsp3) is 0.294. The van der Waals surface area contributed by atoms with Crippen LogP contribution in [0.5, 0.6) is 0 Å². The molecule has 3 heteroatoms. The predicted molar refractivity (Wildman–Crippen MR) is 87.4 cm³/mol. The summed E-state index contributed by atoms with van der Waals surface area (Å²) in [6, 6.07) is 16.7. The maximum absolute atomic E-state index is 6.42. The Bertz CT molecular complexity index is 540. The van der Waals surface area contributed by atoms with Gasteiger partial charge in [-0.25, -0.2) is 0 Å². The van der Waals surface area contributed by atoms with Crippen LogP contribution >= 0.6 is 11.6 Å². The summed E-state index contributed by atoms with van der Waals surface area (Å²) in [4.78, 5) is 2.28. The summed E-state index contributed by atoms with van der Waals surface area (Å²) in [6.07, 6.45) is 0.866. The molecule has 2 N–H and O–H groups in total. The fourth-order valence-corrected chi connectivity index (χ4v) is 2.62. The Hall–Kier alpha value is -1.51. The number of benzene rings is 2. The highest BCUT2D eigenvalue weighted by atomic mass is 35.5. The van der Waals surface area contributed by atoms with Crippen LogP contribution in [0, 0.1) is 0 Å².